The number of benzene rings is 2. The number of hydrogen-bond donors (Lipinski definition) is 1. The Labute approximate surface area is 154 Å². The second-order valence-electron chi connectivity index (χ2n) is 6.21. The first-order chi connectivity index (χ1) is 12.5. The molecule has 0 atom stereocenters. The quantitative estimate of drug-likeness (QED) is 0.805. The molecule has 0 fully saturated rings. The van der Waals surface area contributed by atoms with Crippen molar-refractivity contribution in [3.8, 4) is 5.75 Å². The Kier molecular flexibility index (Phi) is 5.68. The van der Waals surface area contributed by atoms with Gasteiger partial charge in [0.25, 0.3) is 10.0 Å². The first-order valence-electron chi connectivity index (χ1n) is 8.57. The number of nitrogens with one attached hydrogen (secondary N) is 1. The topological polar surface area (TPSA) is 67.9 Å². The fraction of sp³-hybridized carbons (Fsp3) is 0.368. The van der Waals surface area contributed by atoms with Gasteiger partial charge in [0, 0.05) is 25.9 Å². The zero-order chi connectivity index (χ0) is 18.6. The molecule has 1 aliphatic heterocycles. The standard InChI is InChI=1S/C19H24N2O4S/c1-24-13-12-21-11-3-4-15-5-6-16(14-19(15)21)20-26(22,23)18-9-7-17(25-2)8-10-18/h5-10,14,20H,3-4,11-13H2,1-2H3. The summed E-state index contributed by atoms with van der Waals surface area (Å²) in [6.07, 6.45) is 2.10. The molecule has 2 aromatic carbocycles. The molecule has 1 heterocycles. The summed E-state index contributed by atoms with van der Waals surface area (Å²) in [5, 5.41) is 0. The molecule has 0 spiro atoms. The smallest absolute Gasteiger partial charge is 0.261 e. The summed E-state index contributed by atoms with van der Waals surface area (Å²) < 4.78 is 38.2. The van der Waals surface area contributed by atoms with Gasteiger partial charge in [0.1, 0.15) is 5.75 Å². The second kappa shape index (κ2) is 7.97. The van der Waals surface area contributed by atoms with E-state index in [1.807, 2.05) is 18.2 Å². The average molecular weight is 376 g/mol. The molecule has 0 saturated carbocycles. The van der Waals surface area contributed by atoms with Gasteiger partial charge in [-0.15, -0.1) is 0 Å². The summed E-state index contributed by atoms with van der Waals surface area (Å²) >= 11 is 0. The molecule has 0 radical (unpaired) electrons. The molecule has 7 heteroatoms. The van der Waals surface area contributed by atoms with Crippen molar-refractivity contribution in [3.05, 3.63) is 48.0 Å². The van der Waals surface area contributed by atoms with E-state index < -0.39 is 10.0 Å². The molecular formula is C19H24N2O4S. The average Bonchev–Trinajstić information content (AvgIpc) is 2.66. The molecule has 0 aliphatic carbocycles. The van der Waals surface area contributed by atoms with Crippen LogP contribution >= 0.6 is 0 Å². The SMILES string of the molecule is COCCN1CCCc2ccc(NS(=O)(=O)c3ccc(OC)cc3)cc21. The minimum atomic E-state index is -3.65. The van der Waals surface area contributed by atoms with Crippen LogP contribution in [0.2, 0.25) is 0 Å². The molecule has 1 aliphatic rings. The van der Waals surface area contributed by atoms with Crippen LogP contribution in [0.25, 0.3) is 0 Å². The van der Waals surface area contributed by atoms with E-state index in [4.69, 9.17) is 9.47 Å². The minimum absolute atomic E-state index is 0.201. The van der Waals surface area contributed by atoms with Crippen molar-refractivity contribution in [2.24, 2.45) is 0 Å². The molecular weight excluding hydrogens is 352 g/mol. The van der Waals surface area contributed by atoms with Crippen LogP contribution in [0.15, 0.2) is 47.4 Å². The predicted molar refractivity (Wildman–Crippen MR) is 103 cm³/mol. The lowest BCUT2D eigenvalue weighted by molar-refractivity contribution is 0.205. The van der Waals surface area contributed by atoms with Crippen molar-refractivity contribution < 1.29 is 17.9 Å². The number of nitrogens with zero attached hydrogens (tertiary/aromatic N) is 1. The third kappa shape index (κ3) is 4.11. The maximum Gasteiger partial charge on any atom is 0.261 e. The van der Waals surface area contributed by atoms with Gasteiger partial charge < -0.3 is 14.4 Å². The van der Waals surface area contributed by atoms with Gasteiger partial charge in [-0.3, -0.25) is 4.72 Å². The normalized spacial score (nSPS) is 14.0. The molecule has 3 rings (SSSR count). The van der Waals surface area contributed by atoms with Gasteiger partial charge >= 0.3 is 0 Å². The number of rotatable bonds is 7. The zero-order valence-corrected chi connectivity index (χ0v) is 15.9. The van der Waals surface area contributed by atoms with E-state index in [0.717, 1.165) is 31.6 Å². The Morgan fingerprint density at radius 2 is 1.88 bits per heavy atom. The van der Waals surface area contributed by atoms with Gasteiger partial charge in [0.05, 0.1) is 24.3 Å². The first kappa shape index (κ1) is 18.5. The molecule has 0 saturated heterocycles. The van der Waals surface area contributed by atoms with Crippen LogP contribution in [-0.2, 0) is 21.2 Å². The van der Waals surface area contributed by atoms with E-state index in [-0.39, 0.29) is 4.90 Å². The fourth-order valence-electron chi connectivity index (χ4n) is 3.12. The highest BCUT2D eigenvalue weighted by molar-refractivity contribution is 7.92. The Balaban J connectivity index is 1.83. The van der Waals surface area contributed by atoms with Gasteiger partial charge in [-0.25, -0.2) is 8.42 Å². The van der Waals surface area contributed by atoms with Crippen molar-refractivity contribution in [2.45, 2.75) is 17.7 Å². The van der Waals surface area contributed by atoms with Crippen LogP contribution in [0.5, 0.6) is 5.75 Å². The van der Waals surface area contributed by atoms with E-state index in [2.05, 4.69) is 9.62 Å². The maximum atomic E-state index is 12.6. The third-order valence-electron chi connectivity index (χ3n) is 4.49. The molecule has 0 aromatic heterocycles. The molecule has 0 unspecified atom stereocenters. The predicted octanol–water partition coefficient (Wildman–Crippen LogP) is 2.90. The lowest BCUT2D eigenvalue weighted by Gasteiger charge is -2.31. The summed E-state index contributed by atoms with van der Waals surface area (Å²) in [6.45, 7) is 2.38. The van der Waals surface area contributed by atoms with Crippen LogP contribution in [0.1, 0.15) is 12.0 Å². The molecule has 26 heavy (non-hydrogen) atoms. The Morgan fingerprint density at radius 3 is 2.58 bits per heavy atom. The number of ether oxygens (including phenoxy) is 2. The summed E-state index contributed by atoms with van der Waals surface area (Å²) in [4.78, 5) is 2.44. The van der Waals surface area contributed by atoms with E-state index >= 15 is 0 Å². The van der Waals surface area contributed by atoms with E-state index in [0.29, 0.717) is 18.0 Å². The number of aryl methyl sites for hydroxylation is 1. The van der Waals surface area contributed by atoms with Gasteiger partial charge in [0.15, 0.2) is 0 Å². The van der Waals surface area contributed by atoms with Crippen molar-refractivity contribution in [2.75, 3.05) is 43.5 Å². The fourth-order valence-corrected chi connectivity index (χ4v) is 4.17. The number of anilines is 2. The van der Waals surface area contributed by atoms with E-state index in [9.17, 15) is 8.42 Å². The number of fused-ring (bicyclic) bond motifs is 1. The highest BCUT2D eigenvalue weighted by Gasteiger charge is 2.19. The lowest BCUT2D eigenvalue weighted by atomic mass is 10.0. The van der Waals surface area contributed by atoms with Crippen LogP contribution < -0.4 is 14.4 Å². The highest BCUT2D eigenvalue weighted by atomic mass is 32.2. The summed E-state index contributed by atoms with van der Waals surface area (Å²) in [7, 11) is -0.417. The van der Waals surface area contributed by atoms with E-state index in [1.54, 1.807) is 26.4 Å². The van der Waals surface area contributed by atoms with Crippen molar-refractivity contribution in [1.82, 2.24) is 0 Å². The Hall–Kier alpha value is -2.25. The van der Waals surface area contributed by atoms with Crippen LogP contribution in [0, 0.1) is 0 Å². The molecule has 6 nitrogen and oxygen atoms in total. The maximum absolute atomic E-state index is 12.6. The zero-order valence-electron chi connectivity index (χ0n) is 15.1. The Morgan fingerprint density at radius 1 is 1.12 bits per heavy atom. The Bertz CT molecular complexity index is 850. The van der Waals surface area contributed by atoms with Crippen molar-refractivity contribution in [3.63, 3.8) is 0 Å². The highest BCUT2D eigenvalue weighted by Crippen LogP contribution is 2.31. The van der Waals surface area contributed by atoms with Gasteiger partial charge in [-0.05, 0) is 54.8 Å². The summed E-state index contributed by atoms with van der Waals surface area (Å²) in [5.41, 5.74) is 2.87. The van der Waals surface area contributed by atoms with Gasteiger partial charge in [-0.2, -0.15) is 0 Å². The second-order valence-corrected chi connectivity index (χ2v) is 7.89. The van der Waals surface area contributed by atoms with Crippen LogP contribution in [-0.4, -0.2) is 42.3 Å². The van der Waals surface area contributed by atoms with Gasteiger partial charge in [-0.1, -0.05) is 6.07 Å². The molecule has 1 N–H and O–H groups in total. The number of hydrogen-bond acceptors (Lipinski definition) is 5. The largest absolute Gasteiger partial charge is 0.497 e. The minimum Gasteiger partial charge on any atom is -0.497 e. The number of methoxy groups -OCH3 is 2. The lowest BCUT2D eigenvalue weighted by Crippen LogP contribution is -2.32. The van der Waals surface area contributed by atoms with Crippen LogP contribution in [0.3, 0.4) is 0 Å². The number of sulfonamides is 1. The van der Waals surface area contributed by atoms with Crippen LogP contribution in [0.4, 0.5) is 11.4 Å². The van der Waals surface area contributed by atoms with E-state index in [1.165, 1.54) is 17.7 Å². The molecule has 0 amide bonds. The summed E-state index contributed by atoms with van der Waals surface area (Å²) in [5.74, 6) is 0.617. The third-order valence-corrected chi connectivity index (χ3v) is 5.88. The molecule has 0 bridgehead atoms. The summed E-state index contributed by atoms with van der Waals surface area (Å²) in [6, 6.07) is 12.1. The van der Waals surface area contributed by atoms with Gasteiger partial charge in [0.2, 0.25) is 0 Å². The molecule has 140 valence electrons. The first-order valence-corrected chi connectivity index (χ1v) is 10.1. The molecule has 2 aromatic rings. The van der Waals surface area contributed by atoms with Crippen molar-refractivity contribution >= 4 is 21.4 Å². The van der Waals surface area contributed by atoms with Crippen molar-refractivity contribution in [1.29, 1.82) is 0 Å². The monoisotopic (exact) mass is 376 g/mol.